The first-order valence-electron chi connectivity index (χ1n) is 9.10. The van der Waals surface area contributed by atoms with Crippen molar-refractivity contribution in [2.75, 3.05) is 6.54 Å². The second-order valence-electron chi connectivity index (χ2n) is 6.88. The van der Waals surface area contributed by atoms with Gasteiger partial charge in [-0.1, -0.05) is 54.1 Å². The van der Waals surface area contributed by atoms with E-state index in [1.54, 1.807) is 4.68 Å². The molecular formula is C21H21ClN4O. The maximum Gasteiger partial charge on any atom is 0.223 e. The molecule has 0 bridgehead atoms. The molecule has 4 rings (SSSR count). The normalized spacial score (nSPS) is 18.3. The van der Waals surface area contributed by atoms with Crippen LogP contribution in [0.3, 0.4) is 0 Å². The molecule has 2 aromatic carbocycles. The van der Waals surface area contributed by atoms with Gasteiger partial charge in [0.2, 0.25) is 5.91 Å². The molecule has 1 aliphatic rings. The lowest BCUT2D eigenvalue weighted by Gasteiger charge is -2.05. The minimum Gasteiger partial charge on any atom is -0.355 e. The van der Waals surface area contributed by atoms with Crippen LogP contribution in [0.4, 0.5) is 0 Å². The van der Waals surface area contributed by atoms with Crippen molar-refractivity contribution in [3.63, 3.8) is 0 Å². The highest BCUT2D eigenvalue weighted by Gasteiger charge is 2.43. The van der Waals surface area contributed by atoms with Gasteiger partial charge in [0.05, 0.1) is 0 Å². The highest BCUT2D eigenvalue weighted by atomic mass is 35.5. The van der Waals surface area contributed by atoms with Crippen LogP contribution in [0, 0.1) is 5.92 Å². The van der Waals surface area contributed by atoms with Crippen molar-refractivity contribution >= 4 is 17.5 Å². The van der Waals surface area contributed by atoms with Gasteiger partial charge in [-0.15, -0.1) is 0 Å². The molecule has 5 nitrogen and oxygen atoms in total. The molecule has 2 atom stereocenters. The van der Waals surface area contributed by atoms with Gasteiger partial charge < -0.3 is 5.32 Å². The molecule has 0 radical (unpaired) electrons. The molecule has 1 N–H and O–H groups in total. The summed E-state index contributed by atoms with van der Waals surface area (Å²) in [7, 11) is 1.88. The number of carbonyl (C=O) groups is 1. The van der Waals surface area contributed by atoms with E-state index in [4.69, 9.17) is 11.6 Å². The van der Waals surface area contributed by atoms with E-state index in [2.05, 4.69) is 15.4 Å². The number of benzene rings is 2. The number of rotatable bonds is 6. The predicted molar refractivity (Wildman–Crippen MR) is 105 cm³/mol. The molecule has 0 aliphatic heterocycles. The summed E-state index contributed by atoms with van der Waals surface area (Å²) in [6, 6.07) is 17.7. The first-order chi connectivity index (χ1) is 13.1. The fraction of sp³-hybridized carbons (Fsp3) is 0.286. The summed E-state index contributed by atoms with van der Waals surface area (Å²) in [6.45, 7) is 0.559. The van der Waals surface area contributed by atoms with Gasteiger partial charge in [-0.3, -0.25) is 9.48 Å². The van der Waals surface area contributed by atoms with Gasteiger partial charge in [-0.05, 0) is 30.0 Å². The first kappa shape index (κ1) is 17.7. The predicted octanol–water partition coefficient (Wildman–Crippen LogP) is 3.60. The van der Waals surface area contributed by atoms with Gasteiger partial charge in [0.15, 0.2) is 5.82 Å². The molecule has 1 aromatic heterocycles. The molecule has 1 fully saturated rings. The van der Waals surface area contributed by atoms with Gasteiger partial charge >= 0.3 is 0 Å². The zero-order valence-electron chi connectivity index (χ0n) is 15.1. The molecule has 1 saturated carbocycles. The van der Waals surface area contributed by atoms with Crippen molar-refractivity contribution in [2.24, 2.45) is 13.0 Å². The van der Waals surface area contributed by atoms with Crippen LogP contribution in [0.25, 0.3) is 11.4 Å². The molecule has 1 amide bonds. The summed E-state index contributed by atoms with van der Waals surface area (Å²) in [5, 5.41) is 8.22. The van der Waals surface area contributed by atoms with E-state index >= 15 is 0 Å². The van der Waals surface area contributed by atoms with E-state index in [9.17, 15) is 4.79 Å². The van der Waals surface area contributed by atoms with Crippen molar-refractivity contribution < 1.29 is 4.79 Å². The Labute approximate surface area is 163 Å². The first-order valence-corrected chi connectivity index (χ1v) is 9.48. The average molecular weight is 381 g/mol. The molecular weight excluding hydrogens is 360 g/mol. The summed E-state index contributed by atoms with van der Waals surface area (Å²) in [5.74, 6) is 2.05. The summed E-state index contributed by atoms with van der Waals surface area (Å²) in [4.78, 5) is 17.0. The van der Waals surface area contributed by atoms with Crippen LogP contribution in [0.2, 0.25) is 5.02 Å². The molecule has 138 valence electrons. The fourth-order valence-corrected chi connectivity index (χ4v) is 3.46. The second-order valence-corrected chi connectivity index (χ2v) is 7.32. The molecule has 27 heavy (non-hydrogen) atoms. The number of carbonyl (C=O) groups excluding carboxylic acids is 1. The number of hydrogen-bond donors (Lipinski definition) is 1. The van der Waals surface area contributed by atoms with Crippen molar-refractivity contribution in [1.82, 2.24) is 20.1 Å². The minimum absolute atomic E-state index is 0.0607. The number of nitrogens with zero attached hydrogens (tertiary/aromatic N) is 3. The van der Waals surface area contributed by atoms with Crippen LogP contribution in [-0.4, -0.2) is 27.2 Å². The number of halogens is 1. The maximum absolute atomic E-state index is 12.4. The molecule has 2 unspecified atom stereocenters. The maximum atomic E-state index is 12.4. The van der Waals surface area contributed by atoms with Gasteiger partial charge in [0.1, 0.15) is 5.82 Å². The minimum atomic E-state index is 0.0607. The fourth-order valence-electron chi connectivity index (χ4n) is 3.34. The van der Waals surface area contributed by atoms with Crippen LogP contribution in [0.15, 0.2) is 54.6 Å². The van der Waals surface area contributed by atoms with Crippen LogP contribution in [0.1, 0.15) is 23.7 Å². The monoisotopic (exact) mass is 380 g/mol. The summed E-state index contributed by atoms with van der Waals surface area (Å²) >= 11 is 5.92. The Hall–Kier alpha value is -2.66. The Kier molecular flexibility index (Phi) is 4.94. The SMILES string of the molecule is Cn1nc(-c2ccccc2)nc1CCNC(=O)C1CC1c1ccc(Cl)cc1. The largest absolute Gasteiger partial charge is 0.355 e. The van der Waals surface area contributed by atoms with Gasteiger partial charge in [-0.2, -0.15) is 5.10 Å². The lowest BCUT2D eigenvalue weighted by atomic mass is 10.1. The third-order valence-electron chi connectivity index (χ3n) is 4.96. The molecule has 3 aromatic rings. The van der Waals surface area contributed by atoms with Crippen LogP contribution < -0.4 is 5.32 Å². The standard InChI is InChI=1S/C21H21ClN4O/c1-26-19(24-20(25-26)15-5-3-2-4-6-15)11-12-23-21(27)18-13-17(18)14-7-9-16(22)10-8-14/h2-10,17-18H,11-13H2,1H3,(H,23,27). The van der Waals surface area contributed by atoms with Gasteiger partial charge in [-0.25, -0.2) is 4.98 Å². The Morgan fingerprint density at radius 1 is 1.19 bits per heavy atom. The highest BCUT2D eigenvalue weighted by molar-refractivity contribution is 6.30. The van der Waals surface area contributed by atoms with Crippen molar-refractivity contribution in [3.05, 3.63) is 71.0 Å². The van der Waals surface area contributed by atoms with Gasteiger partial charge in [0.25, 0.3) is 0 Å². The van der Waals surface area contributed by atoms with Crippen molar-refractivity contribution in [3.8, 4) is 11.4 Å². The number of aryl methyl sites for hydroxylation is 1. The number of hydrogen-bond acceptors (Lipinski definition) is 3. The third kappa shape index (κ3) is 4.03. The smallest absolute Gasteiger partial charge is 0.223 e. The average Bonchev–Trinajstić information content (AvgIpc) is 3.40. The molecule has 0 spiro atoms. The lowest BCUT2D eigenvalue weighted by molar-refractivity contribution is -0.122. The second kappa shape index (κ2) is 7.53. The number of amides is 1. The van der Waals surface area contributed by atoms with E-state index in [1.807, 2.05) is 61.6 Å². The topological polar surface area (TPSA) is 59.8 Å². The van der Waals surface area contributed by atoms with E-state index in [0.29, 0.717) is 24.7 Å². The number of aromatic nitrogens is 3. The number of nitrogens with one attached hydrogen (secondary N) is 1. The van der Waals surface area contributed by atoms with Crippen LogP contribution >= 0.6 is 11.6 Å². The Balaban J connectivity index is 1.30. The van der Waals surface area contributed by atoms with Crippen LogP contribution in [0.5, 0.6) is 0 Å². The Bertz CT molecular complexity index is 937. The Morgan fingerprint density at radius 2 is 1.93 bits per heavy atom. The quantitative estimate of drug-likeness (QED) is 0.710. The molecule has 1 heterocycles. The third-order valence-corrected chi connectivity index (χ3v) is 5.21. The van der Waals surface area contributed by atoms with E-state index in [0.717, 1.165) is 22.8 Å². The highest BCUT2D eigenvalue weighted by Crippen LogP contribution is 2.47. The van der Waals surface area contributed by atoms with E-state index < -0.39 is 0 Å². The van der Waals surface area contributed by atoms with E-state index in [1.165, 1.54) is 5.56 Å². The summed E-state index contributed by atoms with van der Waals surface area (Å²) in [6.07, 6.45) is 1.55. The van der Waals surface area contributed by atoms with Crippen LogP contribution in [-0.2, 0) is 18.3 Å². The molecule has 6 heteroatoms. The summed E-state index contributed by atoms with van der Waals surface area (Å²) in [5.41, 5.74) is 2.17. The lowest BCUT2D eigenvalue weighted by Crippen LogP contribution is -2.28. The zero-order chi connectivity index (χ0) is 18.8. The van der Waals surface area contributed by atoms with Crippen molar-refractivity contribution in [1.29, 1.82) is 0 Å². The Morgan fingerprint density at radius 3 is 2.67 bits per heavy atom. The molecule has 0 saturated heterocycles. The summed E-state index contributed by atoms with van der Waals surface area (Å²) < 4.78 is 1.78. The zero-order valence-corrected chi connectivity index (χ0v) is 15.9. The van der Waals surface area contributed by atoms with Gasteiger partial charge in [0, 0.05) is 36.5 Å². The van der Waals surface area contributed by atoms with E-state index in [-0.39, 0.29) is 11.8 Å². The van der Waals surface area contributed by atoms with Crippen molar-refractivity contribution in [2.45, 2.75) is 18.8 Å². The molecule has 1 aliphatic carbocycles.